The zero-order valence-electron chi connectivity index (χ0n) is 13.7. The molecule has 0 bridgehead atoms. The van der Waals surface area contributed by atoms with Crippen LogP contribution in [0.15, 0.2) is 51.7 Å². The summed E-state index contributed by atoms with van der Waals surface area (Å²) in [5.74, 6) is -0.484. The standard InChI is InChI=1S/C19H18O5/c1-19(2,3)24-18-13(21)10-15-16(17(18)22)12(20)9-14(23-15)11-7-5-4-6-8-11/h4-10,21-22H,1-3H3. The van der Waals surface area contributed by atoms with Gasteiger partial charge in [0.15, 0.2) is 16.9 Å². The molecule has 0 aliphatic rings. The molecule has 3 rings (SSSR count). The van der Waals surface area contributed by atoms with E-state index in [-0.39, 0.29) is 22.5 Å². The van der Waals surface area contributed by atoms with Gasteiger partial charge in [0.2, 0.25) is 5.75 Å². The maximum Gasteiger partial charge on any atom is 0.204 e. The van der Waals surface area contributed by atoms with Crippen molar-refractivity contribution in [3.05, 3.63) is 52.7 Å². The van der Waals surface area contributed by atoms with Gasteiger partial charge in [0.25, 0.3) is 0 Å². The Morgan fingerprint density at radius 2 is 1.71 bits per heavy atom. The summed E-state index contributed by atoms with van der Waals surface area (Å²) in [5, 5.41) is 20.5. The van der Waals surface area contributed by atoms with Crippen molar-refractivity contribution in [2.75, 3.05) is 0 Å². The van der Waals surface area contributed by atoms with E-state index in [1.807, 2.05) is 18.2 Å². The summed E-state index contributed by atoms with van der Waals surface area (Å²) < 4.78 is 11.3. The molecule has 0 fully saturated rings. The van der Waals surface area contributed by atoms with Crippen molar-refractivity contribution in [3.63, 3.8) is 0 Å². The van der Waals surface area contributed by atoms with Crippen molar-refractivity contribution in [1.82, 2.24) is 0 Å². The third-order valence-corrected chi connectivity index (χ3v) is 3.39. The molecule has 3 aromatic rings. The van der Waals surface area contributed by atoms with E-state index in [1.165, 1.54) is 12.1 Å². The molecule has 24 heavy (non-hydrogen) atoms. The molecule has 1 aromatic heterocycles. The average Bonchev–Trinajstić information content (AvgIpc) is 2.50. The second-order valence-electron chi connectivity index (χ2n) is 6.50. The second-order valence-corrected chi connectivity index (χ2v) is 6.50. The molecule has 0 radical (unpaired) electrons. The van der Waals surface area contributed by atoms with Crippen LogP contribution >= 0.6 is 0 Å². The molecule has 1 heterocycles. The van der Waals surface area contributed by atoms with Gasteiger partial charge in [0.05, 0.1) is 0 Å². The van der Waals surface area contributed by atoms with E-state index in [2.05, 4.69) is 0 Å². The van der Waals surface area contributed by atoms with Gasteiger partial charge in [0.1, 0.15) is 22.3 Å². The number of hydrogen-bond donors (Lipinski definition) is 2. The summed E-state index contributed by atoms with van der Waals surface area (Å²) in [7, 11) is 0. The van der Waals surface area contributed by atoms with Gasteiger partial charge in [-0.2, -0.15) is 0 Å². The monoisotopic (exact) mass is 326 g/mol. The molecule has 0 aliphatic carbocycles. The molecule has 5 nitrogen and oxygen atoms in total. The van der Waals surface area contributed by atoms with Crippen LogP contribution in [0.1, 0.15) is 20.8 Å². The molecule has 0 spiro atoms. The topological polar surface area (TPSA) is 79.9 Å². The molecular formula is C19H18O5. The molecule has 2 N–H and O–H groups in total. The molecule has 0 amide bonds. The quantitative estimate of drug-likeness (QED) is 0.742. The molecule has 0 aliphatic heterocycles. The highest BCUT2D eigenvalue weighted by Crippen LogP contribution is 2.43. The van der Waals surface area contributed by atoms with Crippen molar-refractivity contribution in [3.8, 4) is 28.6 Å². The number of phenolic OH excluding ortho intramolecular Hbond substituents is 2. The lowest BCUT2D eigenvalue weighted by Gasteiger charge is -2.22. The predicted molar refractivity (Wildman–Crippen MR) is 91.6 cm³/mol. The molecule has 2 aromatic carbocycles. The number of phenols is 2. The highest BCUT2D eigenvalue weighted by molar-refractivity contribution is 5.89. The zero-order valence-corrected chi connectivity index (χ0v) is 13.7. The number of hydrogen-bond acceptors (Lipinski definition) is 5. The van der Waals surface area contributed by atoms with Gasteiger partial charge >= 0.3 is 0 Å². The van der Waals surface area contributed by atoms with Crippen LogP contribution in [-0.4, -0.2) is 15.8 Å². The van der Waals surface area contributed by atoms with Gasteiger partial charge < -0.3 is 19.4 Å². The fourth-order valence-corrected chi connectivity index (χ4v) is 2.42. The summed E-state index contributed by atoms with van der Waals surface area (Å²) >= 11 is 0. The van der Waals surface area contributed by atoms with E-state index in [0.29, 0.717) is 5.76 Å². The fourth-order valence-electron chi connectivity index (χ4n) is 2.42. The molecule has 0 saturated heterocycles. The van der Waals surface area contributed by atoms with Crippen molar-refractivity contribution in [2.24, 2.45) is 0 Å². The van der Waals surface area contributed by atoms with E-state index in [1.54, 1.807) is 32.9 Å². The number of aromatic hydroxyl groups is 2. The highest BCUT2D eigenvalue weighted by atomic mass is 16.5. The van der Waals surface area contributed by atoms with Crippen LogP contribution in [0.25, 0.3) is 22.3 Å². The van der Waals surface area contributed by atoms with Gasteiger partial charge in [-0.05, 0) is 20.8 Å². The Balaban J connectivity index is 2.24. The Morgan fingerprint density at radius 1 is 1.04 bits per heavy atom. The minimum Gasteiger partial charge on any atom is -0.504 e. The van der Waals surface area contributed by atoms with E-state index < -0.39 is 16.8 Å². The van der Waals surface area contributed by atoms with Crippen LogP contribution in [0.5, 0.6) is 17.2 Å². The minimum atomic E-state index is -0.646. The van der Waals surface area contributed by atoms with E-state index in [9.17, 15) is 15.0 Å². The summed E-state index contributed by atoms with van der Waals surface area (Å²) in [4.78, 5) is 12.5. The van der Waals surface area contributed by atoms with Crippen molar-refractivity contribution >= 4 is 11.0 Å². The van der Waals surface area contributed by atoms with Gasteiger partial charge in [-0.25, -0.2) is 0 Å². The van der Waals surface area contributed by atoms with Crippen LogP contribution in [0.4, 0.5) is 0 Å². The Hall–Kier alpha value is -2.95. The van der Waals surface area contributed by atoms with Crippen LogP contribution in [0, 0.1) is 0 Å². The van der Waals surface area contributed by atoms with Crippen LogP contribution < -0.4 is 10.2 Å². The molecule has 5 heteroatoms. The summed E-state index contributed by atoms with van der Waals surface area (Å²) in [6, 6.07) is 11.7. The number of rotatable bonds is 2. The Morgan fingerprint density at radius 3 is 2.33 bits per heavy atom. The Bertz CT molecular complexity index is 949. The molecule has 0 unspecified atom stereocenters. The summed E-state index contributed by atoms with van der Waals surface area (Å²) in [6.07, 6.45) is 0. The first-order valence-electron chi connectivity index (χ1n) is 7.53. The van der Waals surface area contributed by atoms with Crippen molar-refractivity contribution < 1.29 is 19.4 Å². The first-order valence-corrected chi connectivity index (χ1v) is 7.53. The lowest BCUT2D eigenvalue weighted by Crippen LogP contribution is -2.23. The highest BCUT2D eigenvalue weighted by Gasteiger charge is 2.23. The average molecular weight is 326 g/mol. The van der Waals surface area contributed by atoms with Crippen molar-refractivity contribution in [1.29, 1.82) is 0 Å². The van der Waals surface area contributed by atoms with Crippen LogP contribution in [-0.2, 0) is 0 Å². The van der Waals surface area contributed by atoms with E-state index in [0.717, 1.165) is 5.56 Å². The smallest absolute Gasteiger partial charge is 0.204 e. The van der Waals surface area contributed by atoms with Crippen LogP contribution in [0.3, 0.4) is 0 Å². The fraction of sp³-hybridized carbons (Fsp3) is 0.211. The molecule has 0 saturated carbocycles. The molecular weight excluding hydrogens is 308 g/mol. The largest absolute Gasteiger partial charge is 0.504 e. The maximum atomic E-state index is 12.5. The summed E-state index contributed by atoms with van der Waals surface area (Å²) in [5.41, 5.74) is -0.234. The van der Waals surface area contributed by atoms with Gasteiger partial charge in [0, 0.05) is 17.7 Å². The predicted octanol–water partition coefficient (Wildman–Crippen LogP) is 4.05. The van der Waals surface area contributed by atoms with E-state index in [4.69, 9.17) is 9.15 Å². The van der Waals surface area contributed by atoms with Gasteiger partial charge in [-0.3, -0.25) is 4.79 Å². The first-order chi connectivity index (χ1) is 11.3. The second kappa shape index (κ2) is 5.60. The normalized spacial score (nSPS) is 11.6. The first kappa shape index (κ1) is 15.9. The Labute approximate surface area is 138 Å². The minimum absolute atomic E-state index is 0.0215. The SMILES string of the molecule is CC(C)(C)Oc1c(O)cc2oc(-c3ccccc3)cc(=O)c2c1O. The summed E-state index contributed by atoms with van der Waals surface area (Å²) in [6.45, 7) is 5.32. The van der Waals surface area contributed by atoms with Crippen LogP contribution in [0.2, 0.25) is 0 Å². The molecule has 0 atom stereocenters. The third kappa shape index (κ3) is 2.93. The number of benzene rings is 2. The maximum absolute atomic E-state index is 12.5. The van der Waals surface area contributed by atoms with Gasteiger partial charge in [-0.15, -0.1) is 0 Å². The third-order valence-electron chi connectivity index (χ3n) is 3.39. The lowest BCUT2D eigenvalue weighted by molar-refractivity contribution is 0.121. The number of ether oxygens (including phenoxy) is 1. The number of fused-ring (bicyclic) bond motifs is 1. The molecule has 124 valence electrons. The van der Waals surface area contributed by atoms with Crippen molar-refractivity contribution in [2.45, 2.75) is 26.4 Å². The zero-order chi connectivity index (χ0) is 17.5. The van der Waals surface area contributed by atoms with Gasteiger partial charge in [-0.1, -0.05) is 30.3 Å². The Kier molecular flexibility index (Phi) is 3.72. The lowest BCUT2D eigenvalue weighted by atomic mass is 10.1. The van der Waals surface area contributed by atoms with E-state index >= 15 is 0 Å².